The first-order chi connectivity index (χ1) is 14.0. The predicted octanol–water partition coefficient (Wildman–Crippen LogP) is 5.10. The number of carbonyl (C=O) groups is 2. The van der Waals surface area contributed by atoms with Crippen molar-refractivity contribution in [1.29, 1.82) is 0 Å². The van der Waals surface area contributed by atoms with Crippen molar-refractivity contribution < 1.29 is 9.59 Å². The third kappa shape index (κ3) is 4.40. The molecule has 1 heterocycles. The van der Waals surface area contributed by atoms with Crippen LogP contribution in [-0.2, 0) is 4.79 Å². The number of anilines is 1. The maximum atomic E-state index is 12.9. The Hall–Kier alpha value is -2.53. The second kappa shape index (κ2) is 8.46. The zero-order valence-electron chi connectivity index (χ0n) is 16.9. The molecule has 0 radical (unpaired) electrons. The highest BCUT2D eigenvalue weighted by Gasteiger charge is 2.28. The summed E-state index contributed by atoms with van der Waals surface area (Å²) in [4.78, 5) is 28.9. The van der Waals surface area contributed by atoms with Crippen LogP contribution in [0.5, 0.6) is 0 Å². The van der Waals surface area contributed by atoms with Crippen LogP contribution in [0.4, 0.5) is 5.69 Å². The van der Waals surface area contributed by atoms with Crippen LogP contribution in [0.25, 0.3) is 6.08 Å². The fourth-order valence-corrected chi connectivity index (χ4v) is 5.00. The van der Waals surface area contributed by atoms with Gasteiger partial charge in [-0.05, 0) is 61.4 Å². The molecule has 29 heavy (non-hydrogen) atoms. The Balaban J connectivity index is 1.53. The lowest BCUT2D eigenvalue weighted by atomic mass is 9.87. The van der Waals surface area contributed by atoms with Gasteiger partial charge in [-0.2, -0.15) is 0 Å². The first-order valence-electron chi connectivity index (χ1n) is 10.2. The van der Waals surface area contributed by atoms with Gasteiger partial charge < -0.3 is 10.2 Å². The van der Waals surface area contributed by atoms with Gasteiger partial charge in [0.15, 0.2) is 0 Å². The highest BCUT2D eigenvalue weighted by atomic mass is 32.2. The Bertz CT molecular complexity index is 947. The smallest absolute Gasteiger partial charge is 0.264 e. The molecule has 4 rings (SSSR count). The molecule has 1 saturated carbocycles. The van der Waals surface area contributed by atoms with Crippen LogP contribution in [0.15, 0.2) is 58.3 Å². The van der Waals surface area contributed by atoms with Crippen LogP contribution in [0.1, 0.15) is 48.5 Å². The Morgan fingerprint density at radius 2 is 1.83 bits per heavy atom. The largest absolute Gasteiger partial charge is 0.349 e. The number of hydrogen-bond acceptors (Lipinski definition) is 3. The minimum Gasteiger partial charge on any atom is -0.349 e. The molecule has 4 nitrogen and oxygen atoms in total. The van der Waals surface area contributed by atoms with Crippen LogP contribution in [-0.4, -0.2) is 24.9 Å². The lowest BCUT2D eigenvalue weighted by Gasteiger charge is -2.28. The Morgan fingerprint density at radius 3 is 2.55 bits per heavy atom. The number of nitrogens with one attached hydrogen (secondary N) is 1. The van der Waals surface area contributed by atoms with Crippen LogP contribution in [0, 0.1) is 5.92 Å². The van der Waals surface area contributed by atoms with Gasteiger partial charge in [0.05, 0.1) is 10.6 Å². The molecule has 5 heteroatoms. The van der Waals surface area contributed by atoms with Crippen LogP contribution >= 0.6 is 11.8 Å². The third-order valence-corrected chi connectivity index (χ3v) is 6.84. The van der Waals surface area contributed by atoms with Gasteiger partial charge in [-0.15, -0.1) is 0 Å². The van der Waals surface area contributed by atoms with Gasteiger partial charge in [0.1, 0.15) is 0 Å². The van der Waals surface area contributed by atoms with E-state index in [0.29, 0.717) is 10.5 Å². The molecule has 0 unspecified atom stereocenters. The summed E-state index contributed by atoms with van der Waals surface area (Å²) in [6.45, 7) is 2.27. The summed E-state index contributed by atoms with van der Waals surface area (Å²) in [5.74, 6) is 0.649. The van der Waals surface area contributed by atoms with Gasteiger partial charge in [-0.1, -0.05) is 49.0 Å². The predicted molar refractivity (Wildman–Crippen MR) is 119 cm³/mol. The monoisotopic (exact) mass is 406 g/mol. The molecule has 2 aromatic rings. The fourth-order valence-electron chi connectivity index (χ4n) is 3.91. The van der Waals surface area contributed by atoms with Gasteiger partial charge in [0, 0.05) is 23.5 Å². The summed E-state index contributed by atoms with van der Waals surface area (Å²) in [7, 11) is 1.77. The Labute approximate surface area is 176 Å². The van der Waals surface area contributed by atoms with Crippen molar-refractivity contribution >= 4 is 35.3 Å². The molecular formula is C24H26N2O2S. The number of nitrogens with zero attached hydrogens (tertiary/aromatic N) is 1. The molecule has 2 aliphatic rings. The zero-order valence-corrected chi connectivity index (χ0v) is 17.7. The average Bonchev–Trinajstić information content (AvgIpc) is 2.74. The van der Waals surface area contributed by atoms with E-state index in [9.17, 15) is 9.59 Å². The maximum Gasteiger partial charge on any atom is 0.264 e. The molecule has 0 saturated heterocycles. The summed E-state index contributed by atoms with van der Waals surface area (Å²) in [5, 5.41) is 3.17. The van der Waals surface area contributed by atoms with E-state index in [1.807, 2.05) is 54.6 Å². The molecule has 2 aromatic carbocycles. The summed E-state index contributed by atoms with van der Waals surface area (Å²) < 4.78 is 0. The quantitative estimate of drug-likeness (QED) is 0.721. The number of amides is 2. The molecule has 0 bridgehead atoms. The lowest BCUT2D eigenvalue weighted by molar-refractivity contribution is -0.114. The number of rotatable bonds is 3. The van der Waals surface area contributed by atoms with Crippen molar-refractivity contribution in [2.24, 2.45) is 5.92 Å². The van der Waals surface area contributed by atoms with Gasteiger partial charge in [0.2, 0.25) is 0 Å². The Kier molecular flexibility index (Phi) is 5.76. The van der Waals surface area contributed by atoms with Crippen molar-refractivity contribution in [3.63, 3.8) is 0 Å². The molecule has 0 spiro atoms. The molecule has 1 fully saturated rings. The van der Waals surface area contributed by atoms with E-state index in [0.717, 1.165) is 34.9 Å². The van der Waals surface area contributed by atoms with Crippen LogP contribution in [0.3, 0.4) is 0 Å². The summed E-state index contributed by atoms with van der Waals surface area (Å²) in [5.41, 5.74) is 2.39. The molecular weight excluding hydrogens is 380 g/mol. The van der Waals surface area contributed by atoms with E-state index >= 15 is 0 Å². The van der Waals surface area contributed by atoms with E-state index in [-0.39, 0.29) is 17.9 Å². The van der Waals surface area contributed by atoms with Crippen molar-refractivity contribution in [2.75, 3.05) is 11.9 Å². The fraction of sp³-hybridized carbons (Fsp3) is 0.333. The highest BCUT2D eigenvalue weighted by molar-refractivity contribution is 8.04. The molecule has 0 aromatic heterocycles. The number of hydrogen-bond donors (Lipinski definition) is 1. The first kappa shape index (κ1) is 19.8. The van der Waals surface area contributed by atoms with E-state index in [4.69, 9.17) is 0 Å². The standard InChI is InChI=1S/C24H26N2O2S/c1-16-8-11-19(12-9-16)25-23(27)18-10-13-21-20(15-18)26(2)24(28)22(29-21)14-17-6-4-3-5-7-17/h3-7,10,13-16,19H,8-9,11-12H2,1-2H3,(H,25,27). The normalized spacial score (nSPS) is 23.0. The van der Waals surface area contributed by atoms with Gasteiger partial charge in [-0.3, -0.25) is 9.59 Å². The second-order valence-corrected chi connectivity index (χ2v) is 9.08. The SMILES string of the molecule is CC1CCC(NC(=O)c2ccc3c(c2)N(C)C(=O)C(=Cc2ccccc2)S3)CC1. The van der Waals surface area contributed by atoms with Crippen LogP contribution < -0.4 is 10.2 Å². The highest BCUT2D eigenvalue weighted by Crippen LogP contribution is 2.42. The van der Waals surface area contributed by atoms with Crippen LogP contribution in [0.2, 0.25) is 0 Å². The van der Waals surface area contributed by atoms with Crippen molar-refractivity contribution in [3.8, 4) is 0 Å². The van der Waals surface area contributed by atoms with E-state index in [2.05, 4.69) is 12.2 Å². The average molecular weight is 407 g/mol. The topological polar surface area (TPSA) is 49.4 Å². The zero-order chi connectivity index (χ0) is 20.4. The van der Waals surface area contributed by atoms with Gasteiger partial charge in [0.25, 0.3) is 11.8 Å². The maximum absolute atomic E-state index is 12.9. The molecule has 1 N–H and O–H groups in total. The molecule has 0 atom stereocenters. The van der Waals surface area contributed by atoms with E-state index in [1.54, 1.807) is 11.9 Å². The number of thioether (sulfide) groups is 1. The van der Waals surface area contributed by atoms with Crippen molar-refractivity contribution in [3.05, 3.63) is 64.6 Å². The van der Waals surface area contributed by atoms with E-state index < -0.39 is 0 Å². The Morgan fingerprint density at radius 1 is 1.10 bits per heavy atom. The first-order valence-corrected chi connectivity index (χ1v) is 11.0. The summed E-state index contributed by atoms with van der Waals surface area (Å²) in [6.07, 6.45) is 6.33. The summed E-state index contributed by atoms with van der Waals surface area (Å²) in [6, 6.07) is 15.7. The van der Waals surface area contributed by atoms with Crippen molar-refractivity contribution in [1.82, 2.24) is 5.32 Å². The summed E-state index contributed by atoms with van der Waals surface area (Å²) >= 11 is 1.46. The molecule has 1 aliphatic heterocycles. The number of carbonyl (C=O) groups excluding carboxylic acids is 2. The minimum atomic E-state index is -0.0520. The third-order valence-electron chi connectivity index (χ3n) is 5.77. The van der Waals surface area contributed by atoms with Gasteiger partial charge >= 0.3 is 0 Å². The van der Waals surface area contributed by atoms with E-state index in [1.165, 1.54) is 24.6 Å². The van der Waals surface area contributed by atoms with Gasteiger partial charge in [-0.25, -0.2) is 0 Å². The number of likely N-dealkylation sites (N-methyl/N-ethyl adjacent to an activating group) is 1. The number of benzene rings is 2. The molecule has 2 amide bonds. The molecule has 1 aliphatic carbocycles. The number of fused-ring (bicyclic) bond motifs is 1. The van der Waals surface area contributed by atoms with Crippen molar-refractivity contribution in [2.45, 2.75) is 43.5 Å². The molecule has 150 valence electrons. The minimum absolute atomic E-state index is 0.0508. The second-order valence-electron chi connectivity index (χ2n) is 8.00. The lowest BCUT2D eigenvalue weighted by Crippen LogP contribution is -2.37.